The monoisotopic (exact) mass is 418 g/mol. The van der Waals surface area contributed by atoms with Gasteiger partial charge in [-0.2, -0.15) is 10.2 Å². The maximum atomic E-state index is 13.1. The molecule has 2 rings (SSSR count). The summed E-state index contributed by atoms with van der Waals surface area (Å²) in [7, 11) is 0. The Morgan fingerprint density at radius 2 is 1.28 bits per heavy atom. The Kier molecular flexibility index (Phi) is 8.47. The molecule has 0 heterocycles. The highest BCUT2D eigenvalue weighted by molar-refractivity contribution is 8.01. The lowest BCUT2D eigenvalue weighted by atomic mass is 10.2. The highest BCUT2D eigenvalue weighted by atomic mass is 32.2. The Morgan fingerprint density at radius 3 is 1.66 bits per heavy atom. The maximum absolute atomic E-state index is 13.1. The van der Waals surface area contributed by atoms with E-state index in [1.54, 1.807) is 26.0 Å². The highest BCUT2D eigenvalue weighted by Crippen LogP contribution is 2.17. The first kappa shape index (κ1) is 22.2. The van der Waals surface area contributed by atoms with Gasteiger partial charge >= 0.3 is 0 Å². The van der Waals surface area contributed by atoms with Gasteiger partial charge in [0.1, 0.15) is 11.6 Å². The molecule has 0 saturated carbocycles. The van der Waals surface area contributed by atoms with E-state index in [4.69, 9.17) is 0 Å². The molecule has 0 aromatic heterocycles. The zero-order chi connectivity index (χ0) is 21.2. The van der Waals surface area contributed by atoms with Gasteiger partial charge in [0.05, 0.1) is 22.9 Å². The molecule has 9 heteroatoms. The van der Waals surface area contributed by atoms with Crippen LogP contribution in [0.5, 0.6) is 0 Å². The molecule has 0 bridgehead atoms. The van der Waals surface area contributed by atoms with Gasteiger partial charge < -0.3 is 0 Å². The lowest BCUT2D eigenvalue weighted by Gasteiger charge is -2.14. The summed E-state index contributed by atoms with van der Waals surface area (Å²) < 4.78 is 26.2. The topological polar surface area (TPSA) is 82.9 Å². The Morgan fingerprint density at radius 1 is 0.862 bits per heavy atom. The van der Waals surface area contributed by atoms with Crippen molar-refractivity contribution < 1.29 is 18.4 Å². The van der Waals surface area contributed by atoms with E-state index in [0.717, 1.165) is 11.8 Å². The zero-order valence-corrected chi connectivity index (χ0v) is 16.6. The zero-order valence-electron chi connectivity index (χ0n) is 15.8. The van der Waals surface area contributed by atoms with Crippen LogP contribution in [0.1, 0.15) is 25.0 Å². The summed E-state index contributed by atoms with van der Waals surface area (Å²) in [5.41, 5.74) is 5.73. The third-order valence-corrected chi connectivity index (χ3v) is 4.87. The average Bonchev–Trinajstić information content (AvgIpc) is 2.67. The summed E-state index contributed by atoms with van der Waals surface area (Å²) in [4.78, 5) is 24.1. The van der Waals surface area contributed by atoms with Crippen LogP contribution in [-0.4, -0.2) is 34.7 Å². The van der Waals surface area contributed by atoms with Crippen molar-refractivity contribution in [1.29, 1.82) is 0 Å². The van der Waals surface area contributed by atoms with Crippen molar-refractivity contribution >= 4 is 36.0 Å². The molecule has 2 amide bonds. The molecule has 0 aliphatic carbocycles. The summed E-state index contributed by atoms with van der Waals surface area (Å²) in [6.45, 7) is 3.27. The molecule has 2 aromatic rings. The first-order valence-electron chi connectivity index (χ1n) is 8.67. The van der Waals surface area contributed by atoms with Crippen LogP contribution < -0.4 is 10.9 Å². The number of hydrogen-bond donors (Lipinski definition) is 2. The molecule has 2 unspecified atom stereocenters. The number of nitrogens with one attached hydrogen (secondary N) is 2. The Balaban J connectivity index is 1.78. The van der Waals surface area contributed by atoms with E-state index < -0.39 is 33.9 Å². The molecule has 2 atom stereocenters. The maximum Gasteiger partial charge on any atom is 0.252 e. The summed E-state index contributed by atoms with van der Waals surface area (Å²) >= 11 is 1.12. The van der Waals surface area contributed by atoms with Crippen LogP contribution >= 0.6 is 11.8 Å². The molecule has 0 fully saturated rings. The van der Waals surface area contributed by atoms with Crippen LogP contribution in [0, 0.1) is 11.6 Å². The largest absolute Gasteiger partial charge is 0.272 e. The van der Waals surface area contributed by atoms with Crippen LogP contribution in [0.4, 0.5) is 8.78 Å². The van der Waals surface area contributed by atoms with Crippen LogP contribution in [0.2, 0.25) is 0 Å². The van der Waals surface area contributed by atoms with Crippen molar-refractivity contribution in [3.8, 4) is 0 Å². The second-order valence-electron chi connectivity index (χ2n) is 6.00. The number of carbonyl (C=O) groups is 2. The van der Waals surface area contributed by atoms with Crippen LogP contribution in [0.25, 0.3) is 0 Å². The van der Waals surface area contributed by atoms with Crippen LogP contribution in [0.3, 0.4) is 0 Å². The lowest BCUT2D eigenvalue weighted by molar-refractivity contribution is -0.120. The first-order valence-corrected chi connectivity index (χ1v) is 9.62. The van der Waals surface area contributed by atoms with Gasteiger partial charge in [-0.15, -0.1) is 11.8 Å². The highest BCUT2D eigenvalue weighted by Gasteiger charge is 2.21. The average molecular weight is 418 g/mol. The van der Waals surface area contributed by atoms with Crippen LogP contribution in [0.15, 0.2) is 58.7 Å². The Hall–Kier alpha value is -3.07. The van der Waals surface area contributed by atoms with E-state index in [1.807, 2.05) is 0 Å². The quantitative estimate of drug-likeness (QED) is 0.511. The third-order valence-electron chi connectivity index (χ3n) is 3.62. The summed E-state index contributed by atoms with van der Waals surface area (Å²) in [6, 6.07) is 11.5. The van der Waals surface area contributed by atoms with E-state index >= 15 is 0 Å². The normalized spacial score (nSPS) is 13.4. The van der Waals surface area contributed by atoms with Gasteiger partial charge in [-0.05, 0) is 49.2 Å². The van der Waals surface area contributed by atoms with E-state index in [2.05, 4.69) is 21.1 Å². The number of halogens is 2. The molecule has 6 nitrogen and oxygen atoms in total. The number of carbonyl (C=O) groups excluding carboxylic acids is 2. The molecule has 2 aromatic carbocycles. The molecule has 152 valence electrons. The number of amides is 2. The fourth-order valence-corrected chi connectivity index (χ4v) is 3.09. The minimum atomic E-state index is -0.562. The molecule has 0 saturated heterocycles. The predicted octanol–water partition coefficient (Wildman–Crippen LogP) is 3.08. The van der Waals surface area contributed by atoms with Crippen molar-refractivity contribution in [2.45, 2.75) is 24.3 Å². The van der Waals surface area contributed by atoms with E-state index in [0.29, 0.717) is 11.1 Å². The minimum Gasteiger partial charge on any atom is -0.272 e. The molecule has 0 spiro atoms. The molecule has 2 N–H and O–H groups in total. The van der Waals surface area contributed by atoms with Crippen molar-refractivity contribution in [1.82, 2.24) is 10.9 Å². The standard InChI is InChI=1S/C20H20F2N4O2S/c1-13(19(27)25-23-11-15-5-3-7-17(21)9-15)29-14(2)20(28)26-24-12-16-6-4-8-18(22)10-16/h3-14H,1-2H3,(H,25,27)(H,26,28)/b23-11+,24-12+. The van der Waals surface area contributed by atoms with Gasteiger partial charge in [-0.1, -0.05) is 24.3 Å². The molecule has 0 aliphatic heterocycles. The van der Waals surface area contributed by atoms with Gasteiger partial charge in [0.2, 0.25) is 0 Å². The minimum absolute atomic E-state index is 0.398. The summed E-state index contributed by atoms with van der Waals surface area (Å²) in [5.74, 6) is -1.59. The number of hydrazone groups is 2. The van der Waals surface area contributed by atoms with E-state index in [1.165, 1.54) is 48.8 Å². The van der Waals surface area contributed by atoms with Crippen molar-refractivity contribution in [2.75, 3.05) is 0 Å². The Labute approximate surface area is 171 Å². The van der Waals surface area contributed by atoms with Gasteiger partial charge in [0.15, 0.2) is 0 Å². The second-order valence-corrected chi connectivity index (χ2v) is 7.69. The van der Waals surface area contributed by atoms with Crippen molar-refractivity contribution in [3.05, 3.63) is 71.3 Å². The van der Waals surface area contributed by atoms with Gasteiger partial charge in [0.25, 0.3) is 11.8 Å². The molecule has 29 heavy (non-hydrogen) atoms. The molecular formula is C20H20F2N4O2S. The van der Waals surface area contributed by atoms with E-state index in [9.17, 15) is 18.4 Å². The van der Waals surface area contributed by atoms with Gasteiger partial charge in [-0.3, -0.25) is 9.59 Å². The predicted molar refractivity (Wildman–Crippen MR) is 111 cm³/mol. The number of hydrogen-bond acceptors (Lipinski definition) is 5. The third kappa shape index (κ3) is 7.82. The van der Waals surface area contributed by atoms with Crippen molar-refractivity contribution in [3.63, 3.8) is 0 Å². The number of rotatable bonds is 8. The number of benzene rings is 2. The molecular weight excluding hydrogens is 398 g/mol. The first-order chi connectivity index (χ1) is 13.8. The fourth-order valence-electron chi connectivity index (χ4n) is 2.13. The van der Waals surface area contributed by atoms with Gasteiger partial charge in [-0.25, -0.2) is 19.6 Å². The van der Waals surface area contributed by atoms with E-state index in [-0.39, 0.29) is 0 Å². The molecule has 0 aliphatic rings. The van der Waals surface area contributed by atoms with Gasteiger partial charge in [0, 0.05) is 0 Å². The van der Waals surface area contributed by atoms with Crippen LogP contribution in [-0.2, 0) is 9.59 Å². The van der Waals surface area contributed by atoms with Crippen molar-refractivity contribution in [2.24, 2.45) is 10.2 Å². The fraction of sp³-hybridized carbons (Fsp3) is 0.200. The second kappa shape index (κ2) is 11.1. The molecule has 0 radical (unpaired) electrons. The smallest absolute Gasteiger partial charge is 0.252 e. The lowest BCUT2D eigenvalue weighted by Crippen LogP contribution is -2.33. The summed E-state index contributed by atoms with van der Waals surface area (Å²) in [5, 5.41) is 6.45. The number of thioether (sulfide) groups is 1. The Bertz CT molecular complexity index is 847. The SMILES string of the molecule is CC(SC(C)C(=O)N/N=C/c1cccc(F)c1)C(=O)N/N=C/c1cccc(F)c1. The number of nitrogens with zero attached hydrogens (tertiary/aromatic N) is 2. The summed E-state index contributed by atoms with van der Waals surface area (Å²) in [6.07, 6.45) is 2.66.